The Morgan fingerprint density at radius 1 is 1.47 bits per heavy atom. The Bertz CT molecular complexity index is 618. The van der Waals surface area contributed by atoms with Crippen LogP contribution in [0.5, 0.6) is 0 Å². The van der Waals surface area contributed by atoms with Crippen molar-refractivity contribution >= 4 is 27.3 Å². The Morgan fingerprint density at radius 3 is 2.68 bits per heavy atom. The van der Waals surface area contributed by atoms with Crippen LogP contribution in [0.25, 0.3) is 0 Å². The molecule has 0 amide bonds. The van der Waals surface area contributed by atoms with Crippen LogP contribution in [0, 0.1) is 10.1 Å². The van der Waals surface area contributed by atoms with Gasteiger partial charge in [-0.25, -0.2) is 8.42 Å². The molecule has 1 heterocycles. The number of nitro groups is 1. The second-order valence-electron chi connectivity index (χ2n) is 4.18. The summed E-state index contributed by atoms with van der Waals surface area (Å²) in [5.41, 5.74) is -0.345. The number of sulfonamides is 1. The SMILES string of the molecule is O=[N+]([O-])c1ccc(Cl)c(S(=O)(=O)N2CCC(O)C2)c1. The number of nitro benzene ring substituents is 1. The summed E-state index contributed by atoms with van der Waals surface area (Å²) in [6, 6.07) is 3.25. The molecule has 1 aromatic carbocycles. The lowest BCUT2D eigenvalue weighted by Gasteiger charge is -2.16. The van der Waals surface area contributed by atoms with Gasteiger partial charge in [0.05, 0.1) is 16.0 Å². The first-order valence-electron chi connectivity index (χ1n) is 5.44. The summed E-state index contributed by atoms with van der Waals surface area (Å²) in [4.78, 5) is 9.68. The van der Waals surface area contributed by atoms with E-state index in [-0.39, 0.29) is 28.7 Å². The van der Waals surface area contributed by atoms with Crippen molar-refractivity contribution in [1.82, 2.24) is 4.31 Å². The second-order valence-corrected chi connectivity index (χ2v) is 6.49. The normalized spacial score (nSPS) is 20.6. The predicted octanol–water partition coefficient (Wildman–Crippen LogP) is 1.00. The zero-order valence-corrected chi connectivity index (χ0v) is 11.3. The highest BCUT2D eigenvalue weighted by Crippen LogP contribution is 2.30. The number of benzene rings is 1. The van der Waals surface area contributed by atoms with Gasteiger partial charge in [0.25, 0.3) is 5.69 Å². The van der Waals surface area contributed by atoms with Crippen LogP contribution in [0.1, 0.15) is 6.42 Å². The fourth-order valence-corrected chi connectivity index (χ4v) is 3.86. The number of hydrogen-bond donors (Lipinski definition) is 1. The molecule has 0 aromatic heterocycles. The smallest absolute Gasteiger partial charge is 0.270 e. The molecule has 0 radical (unpaired) electrons. The molecule has 9 heteroatoms. The summed E-state index contributed by atoms with van der Waals surface area (Å²) in [7, 11) is -3.92. The number of rotatable bonds is 3. The number of hydrogen-bond acceptors (Lipinski definition) is 5. The number of non-ortho nitro benzene ring substituents is 1. The summed E-state index contributed by atoms with van der Waals surface area (Å²) in [6.45, 7) is 0.143. The number of halogens is 1. The van der Waals surface area contributed by atoms with E-state index in [0.29, 0.717) is 6.42 Å². The highest BCUT2D eigenvalue weighted by atomic mass is 35.5. The molecular formula is C10H11ClN2O5S. The van der Waals surface area contributed by atoms with Crippen LogP contribution in [-0.2, 0) is 10.0 Å². The minimum Gasteiger partial charge on any atom is -0.392 e. The van der Waals surface area contributed by atoms with Crippen LogP contribution in [0.15, 0.2) is 23.1 Å². The quantitative estimate of drug-likeness (QED) is 0.663. The molecular weight excluding hydrogens is 296 g/mol. The van der Waals surface area contributed by atoms with Crippen molar-refractivity contribution in [2.45, 2.75) is 17.4 Å². The van der Waals surface area contributed by atoms with Crippen molar-refractivity contribution in [2.75, 3.05) is 13.1 Å². The Kier molecular flexibility index (Phi) is 3.77. The number of aliphatic hydroxyl groups is 1. The summed E-state index contributed by atoms with van der Waals surface area (Å²) < 4.78 is 25.6. The molecule has 0 aliphatic carbocycles. The summed E-state index contributed by atoms with van der Waals surface area (Å²) in [5, 5.41) is 20.0. The van der Waals surface area contributed by atoms with Gasteiger partial charge in [-0.2, -0.15) is 4.31 Å². The Hall–Kier alpha value is -1.22. The fraction of sp³-hybridized carbons (Fsp3) is 0.400. The Labute approximate surface area is 114 Å². The summed E-state index contributed by atoms with van der Waals surface area (Å²) in [6.07, 6.45) is -0.376. The monoisotopic (exact) mass is 306 g/mol. The van der Waals surface area contributed by atoms with E-state index in [0.717, 1.165) is 16.4 Å². The minimum atomic E-state index is -3.92. The molecule has 1 aromatic rings. The number of β-amino-alcohol motifs (C(OH)–C–C–N with tert-alkyl or cyclic N) is 1. The molecule has 0 saturated carbocycles. The third-order valence-corrected chi connectivity index (χ3v) is 5.22. The molecule has 1 N–H and O–H groups in total. The van der Waals surface area contributed by atoms with E-state index in [4.69, 9.17) is 11.6 Å². The first-order chi connectivity index (χ1) is 8.82. The maximum Gasteiger partial charge on any atom is 0.270 e. The molecule has 1 aliphatic rings. The van der Waals surface area contributed by atoms with Crippen LogP contribution in [-0.4, -0.2) is 41.9 Å². The van der Waals surface area contributed by atoms with Crippen LogP contribution in [0.2, 0.25) is 5.02 Å². The average molecular weight is 307 g/mol. The third kappa shape index (κ3) is 2.71. The number of aliphatic hydroxyl groups excluding tert-OH is 1. The van der Waals surface area contributed by atoms with E-state index in [2.05, 4.69) is 0 Å². The lowest BCUT2D eigenvalue weighted by Crippen LogP contribution is -2.30. The molecule has 0 spiro atoms. The van der Waals surface area contributed by atoms with Gasteiger partial charge >= 0.3 is 0 Å². The molecule has 1 fully saturated rings. The van der Waals surface area contributed by atoms with Gasteiger partial charge in [-0.1, -0.05) is 11.6 Å². The third-order valence-electron chi connectivity index (χ3n) is 2.87. The lowest BCUT2D eigenvalue weighted by molar-refractivity contribution is -0.385. The zero-order chi connectivity index (χ0) is 14.2. The fourth-order valence-electron chi connectivity index (χ4n) is 1.87. The second kappa shape index (κ2) is 5.04. The zero-order valence-electron chi connectivity index (χ0n) is 9.69. The van der Waals surface area contributed by atoms with E-state index in [9.17, 15) is 23.6 Å². The van der Waals surface area contributed by atoms with Crippen LogP contribution in [0.4, 0.5) is 5.69 Å². The van der Waals surface area contributed by atoms with Crippen molar-refractivity contribution in [1.29, 1.82) is 0 Å². The molecule has 1 saturated heterocycles. The van der Waals surface area contributed by atoms with Crippen molar-refractivity contribution < 1.29 is 18.4 Å². The first-order valence-corrected chi connectivity index (χ1v) is 7.26. The first kappa shape index (κ1) is 14.2. The van der Waals surface area contributed by atoms with E-state index in [1.807, 2.05) is 0 Å². The van der Waals surface area contributed by atoms with Gasteiger partial charge < -0.3 is 5.11 Å². The van der Waals surface area contributed by atoms with Crippen molar-refractivity contribution in [3.63, 3.8) is 0 Å². The van der Waals surface area contributed by atoms with E-state index in [1.165, 1.54) is 6.07 Å². The molecule has 0 bridgehead atoms. The van der Waals surface area contributed by atoms with Gasteiger partial charge in [0.2, 0.25) is 10.0 Å². The van der Waals surface area contributed by atoms with Crippen LogP contribution < -0.4 is 0 Å². The van der Waals surface area contributed by atoms with E-state index >= 15 is 0 Å². The standard InChI is InChI=1S/C10H11ClN2O5S/c11-9-2-1-7(13(15)16)5-10(9)19(17,18)12-4-3-8(14)6-12/h1-2,5,8,14H,3-4,6H2. The van der Waals surface area contributed by atoms with Crippen molar-refractivity contribution in [3.05, 3.63) is 33.3 Å². The van der Waals surface area contributed by atoms with E-state index in [1.54, 1.807) is 0 Å². The van der Waals surface area contributed by atoms with Gasteiger partial charge in [-0.05, 0) is 12.5 Å². The molecule has 1 unspecified atom stereocenters. The highest BCUT2D eigenvalue weighted by molar-refractivity contribution is 7.89. The topological polar surface area (TPSA) is 101 Å². The molecule has 104 valence electrons. The molecule has 19 heavy (non-hydrogen) atoms. The predicted molar refractivity (Wildman–Crippen MR) is 67.5 cm³/mol. The molecule has 7 nitrogen and oxygen atoms in total. The maximum absolute atomic E-state index is 12.3. The molecule has 2 rings (SSSR count). The van der Waals surface area contributed by atoms with Crippen LogP contribution in [0.3, 0.4) is 0 Å². The van der Waals surface area contributed by atoms with Gasteiger partial charge in [0, 0.05) is 25.2 Å². The van der Waals surface area contributed by atoms with Gasteiger partial charge in [-0.3, -0.25) is 10.1 Å². The minimum absolute atomic E-state index is 0.0264. The highest BCUT2D eigenvalue weighted by Gasteiger charge is 2.33. The van der Waals surface area contributed by atoms with Crippen LogP contribution >= 0.6 is 11.6 Å². The van der Waals surface area contributed by atoms with Gasteiger partial charge in [0.1, 0.15) is 4.90 Å². The Morgan fingerprint density at radius 2 is 2.16 bits per heavy atom. The van der Waals surface area contributed by atoms with Crippen molar-refractivity contribution in [2.24, 2.45) is 0 Å². The average Bonchev–Trinajstić information content (AvgIpc) is 2.76. The van der Waals surface area contributed by atoms with E-state index < -0.39 is 21.1 Å². The number of nitrogens with zero attached hydrogens (tertiary/aromatic N) is 2. The molecule has 1 atom stereocenters. The lowest BCUT2D eigenvalue weighted by atomic mass is 10.3. The molecule has 1 aliphatic heterocycles. The summed E-state index contributed by atoms with van der Waals surface area (Å²) >= 11 is 5.81. The van der Waals surface area contributed by atoms with Crippen molar-refractivity contribution in [3.8, 4) is 0 Å². The largest absolute Gasteiger partial charge is 0.392 e. The summed E-state index contributed by atoms with van der Waals surface area (Å²) in [5.74, 6) is 0. The maximum atomic E-state index is 12.3. The van der Waals surface area contributed by atoms with Gasteiger partial charge in [0.15, 0.2) is 0 Å². The van der Waals surface area contributed by atoms with Gasteiger partial charge in [-0.15, -0.1) is 0 Å². The Balaban J connectivity index is 2.45.